The molecule has 0 saturated heterocycles. The molecule has 27 heavy (non-hydrogen) atoms. The zero-order valence-electron chi connectivity index (χ0n) is 17.1. The quantitative estimate of drug-likeness (QED) is 0.696. The normalized spacial score (nSPS) is 13.1. The maximum atomic E-state index is 13.0. The molecule has 2 rings (SSSR count). The molecule has 1 aromatic heterocycles. The summed E-state index contributed by atoms with van der Waals surface area (Å²) >= 11 is 0. The van der Waals surface area contributed by atoms with Gasteiger partial charge in [0.25, 0.3) is 0 Å². The van der Waals surface area contributed by atoms with Crippen molar-refractivity contribution < 1.29 is 24.0 Å². The minimum atomic E-state index is -0.269. The molecule has 6 nitrogen and oxygen atoms in total. The molecule has 1 heterocycles. The Balaban J connectivity index is 2.20. The van der Waals surface area contributed by atoms with Gasteiger partial charge in [0.05, 0.1) is 27.0 Å². The number of quaternary nitrogens is 1. The van der Waals surface area contributed by atoms with E-state index in [2.05, 4.69) is 4.98 Å². The first-order valence-corrected chi connectivity index (χ1v) is 8.98. The summed E-state index contributed by atoms with van der Waals surface area (Å²) in [5.41, 5.74) is 3.66. The van der Waals surface area contributed by atoms with E-state index in [-0.39, 0.29) is 17.6 Å². The van der Waals surface area contributed by atoms with E-state index < -0.39 is 0 Å². The number of likely N-dealkylation sites (N-methyl/N-ethyl adjacent to an activating group) is 1. The Labute approximate surface area is 160 Å². The monoisotopic (exact) mass is 373 g/mol. The lowest BCUT2D eigenvalue weighted by Crippen LogP contribution is -3.12. The number of carbonyl (C=O) groups excluding carboxylic acids is 2. The Morgan fingerprint density at radius 3 is 2.30 bits per heavy atom. The highest BCUT2D eigenvalue weighted by molar-refractivity contribution is 6.04. The number of aromatic nitrogens is 1. The topological polar surface area (TPSA) is 72.8 Å². The van der Waals surface area contributed by atoms with Crippen molar-refractivity contribution in [1.82, 2.24) is 4.98 Å². The maximum Gasteiger partial charge on any atom is 0.235 e. The molecule has 2 atom stereocenters. The lowest BCUT2D eigenvalue weighted by molar-refractivity contribution is -0.907. The van der Waals surface area contributed by atoms with Gasteiger partial charge in [0, 0.05) is 16.8 Å². The number of methoxy groups -OCH3 is 2. The second-order valence-electron chi connectivity index (χ2n) is 6.98. The number of Topliss-reactive ketones (excluding diaryl/α,β-unsaturated/α-hetero) is 2. The smallest absolute Gasteiger partial charge is 0.235 e. The number of aromatic amines is 1. The van der Waals surface area contributed by atoms with Crippen LogP contribution in [0.15, 0.2) is 18.2 Å². The number of ether oxygens (including phenoxy) is 2. The molecule has 2 aromatic rings. The zero-order chi connectivity index (χ0) is 20.3. The first-order chi connectivity index (χ1) is 12.7. The minimum Gasteiger partial charge on any atom is -0.493 e. The third-order valence-electron chi connectivity index (χ3n) is 5.10. The fraction of sp³-hybridized carbons (Fsp3) is 0.429. The molecule has 146 valence electrons. The van der Waals surface area contributed by atoms with Gasteiger partial charge in [-0.2, -0.15) is 0 Å². The molecule has 1 aromatic carbocycles. The summed E-state index contributed by atoms with van der Waals surface area (Å²) in [4.78, 5) is 29.0. The summed E-state index contributed by atoms with van der Waals surface area (Å²) < 4.78 is 10.6. The van der Waals surface area contributed by atoms with E-state index in [0.717, 1.165) is 21.7 Å². The molecular weight excluding hydrogens is 344 g/mol. The van der Waals surface area contributed by atoms with E-state index in [0.29, 0.717) is 29.3 Å². The number of H-pyrrole nitrogens is 1. The molecule has 6 heteroatoms. The van der Waals surface area contributed by atoms with Crippen LogP contribution in [0.25, 0.3) is 0 Å². The van der Waals surface area contributed by atoms with Crippen LogP contribution in [0.3, 0.4) is 0 Å². The van der Waals surface area contributed by atoms with Crippen LogP contribution in [0.5, 0.6) is 11.5 Å². The highest BCUT2D eigenvalue weighted by Gasteiger charge is 2.28. The van der Waals surface area contributed by atoms with E-state index in [4.69, 9.17) is 9.47 Å². The van der Waals surface area contributed by atoms with E-state index in [1.165, 1.54) is 6.92 Å². The molecule has 0 aliphatic carbocycles. The van der Waals surface area contributed by atoms with Gasteiger partial charge in [-0.3, -0.25) is 9.59 Å². The molecule has 0 fully saturated rings. The molecule has 0 aliphatic rings. The van der Waals surface area contributed by atoms with E-state index in [9.17, 15) is 9.59 Å². The highest BCUT2D eigenvalue weighted by atomic mass is 16.5. The lowest BCUT2D eigenvalue weighted by atomic mass is 10.0. The highest BCUT2D eigenvalue weighted by Crippen LogP contribution is 2.27. The van der Waals surface area contributed by atoms with Crippen molar-refractivity contribution in [2.45, 2.75) is 40.3 Å². The molecular formula is C21H29N2O4+. The van der Waals surface area contributed by atoms with Crippen molar-refractivity contribution in [2.24, 2.45) is 0 Å². The number of ketones is 2. The van der Waals surface area contributed by atoms with Crippen molar-refractivity contribution in [3.63, 3.8) is 0 Å². The average Bonchev–Trinajstić information content (AvgIpc) is 2.94. The summed E-state index contributed by atoms with van der Waals surface area (Å²) in [6.07, 6.45) is 0. The van der Waals surface area contributed by atoms with Crippen LogP contribution in [0.2, 0.25) is 0 Å². The van der Waals surface area contributed by atoms with Crippen LogP contribution in [-0.2, 0) is 6.54 Å². The summed E-state index contributed by atoms with van der Waals surface area (Å²) in [5, 5.41) is 0. The second-order valence-corrected chi connectivity index (χ2v) is 6.98. The van der Waals surface area contributed by atoms with Crippen LogP contribution in [0.4, 0.5) is 0 Å². The van der Waals surface area contributed by atoms with E-state index in [1.54, 1.807) is 14.2 Å². The largest absolute Gasteiger partial charge is 0.493 e. The predicted molar refractivity (Wildman–Crippen MR) is 104 cm³/mol. The van der Waals surface area contributed by atoms with Crippen LogP contribution >= 0.6 is 0 Å². The second kappa shape index (κ2) is 8.39. The molecule has 0 aliphatic heterocycles. The summed E-state index contributed by atoms with van der Waals surface area (Å²) in [5.74, 6) is 1.32. The first-order valence-electron chi connectivity index (χ1n) is 8.98. The molecule has 0 spiro atoms. The molecule has 0 bridgehead atoms. The zero-order valence-corrected chi connectivity index (χ0v) is 17.1. The van der Waals surface area contributed by atoms with Crippen LogP contribution < -0.4 is 14.4 Å². The van der Waals surface area contributed by atoms with Crippen LogP contribution in [0, 0.1) is 13.8 Å². The fourth-order valence-corrected chi connectivity index (χ4v) is 3.43. The van der Waals surface area contributed by atoms with Gasteiger partial charge in [-0.25, -0.2) is 0 Å². The Morgan fingerprint density at radius 1 is 1.15 bits per heavy atom. The Hall–Kier alpha value is -2.60. The van der Waals surface area contributed by atoms with Gasteiger partial charge < -0.3 is 19.4 Å². The van der Waals surface area contributed by atoms with Gasteiger partial charge in [0.2, 0.25) is 5.78 Å². The Kier molecular flexibility index (Phi) is 6.44. The number of carbonyl (C=O) groups is 2. The third kappa shape index (κ3) is 4.22. The van der Waals surface area contributed by atoms with Crippen LogP contribution in [-0.4, -0.2) is 43.9 Å². The SMILES string of the molecule is COc1ccc(C[NH+](C)[C@H](C)C(=O)c2[nH]c(C)c(C(C)=O)c2C)cc1OC. The lowest BCUT2D eigenvalue weighted by Gasteiger charge is -2.21. The molecule has 0 amide bonds. The number of hydrogen-bond acceptors (Lipinski definition) is 4. The molecule has 0 saturated carbocycles. The van der Waals surface area contributed by atoms with Gasteiger partial charge in [-0.1, -0.05) is 0 Å². The first kappa shape index (κ1) is 20.7. The van der Waals surface area contributed by atoms with E-state index >= 15 is 0 Å². The Bertz CT molecular complexity index is 854. The third-order valence-corrected chi connectivity index (χ3v) is 5.10. The minimum absolute atomic E-state index is 0.000997. The Morgan fingerprint density at radius 2 is 1.78 bits per heavy atom. The van der Waals surface area contributed by atoms with Crippen molar-refractivity contribution in [3.05, 3.63) is 46.3 Å². The summed E-state index contributed by atoms with van der Waals surface area (Å²) in [6, 6.07) is 5.50. The van der Waals surface area contributed by atoms with Crippen molar-refractivity contribution >= 4 is 11.6 Å². The molecule has 1 unspecified atom stereocenters. The van der Waals surface area contributed by atoms with Crippen LogP contribution in [0.1, 0.15) is 51.5 Å². The van der Waals surface area contributed by atoms with Gasteiger partial charge in [0.15, 0.2) is 23.3 Å². The van der Waals surface area contributed by atoms with Gasteiger partial charge in [-0.15, -0.1) is 0 Å². The summed E-state index contributed by atoms with van der Waals surface area (Å²) in [7, 11) is 5.19. The number of rotatable bonds is 8. The van der Waals surface area contributed by atoms with Gasteiger partial charge >= 0.3 is 0 Å². The number of hydrogen-bond donors (Lipinski definition) is 2. The number of nitrogens with one attached hydrogen (secondary N) is 2. The van der Waals surface area contributed by atoms with Gasteiger partial charge in [-0.05, 0) is 51.5 Å². The fourth-order valence-electron chi connectivity index (χ4n) is 3.43. The van der Waals surface area contributed by atoms with E-state index in [1.807, 2.05) is 46.0 Å². The molecule has 2 N–H and O–H groups in total. The standard InChI is InChI=1S/C21H28N2O4/c1-12-19(15(4)24)13(2)22-20(12)21(25)14(3)23(5)11-16-8-9-17(26-6)18(10-16)27-7/h8-10,14,22H,11H2,1-7H3/p+1/t14-/m1/s1. The predicted octanol–water partition coefficient (Wildman–Crippen LogP) is 2.14. The van der Waals surface area contributed by atoms with Crippen molar-refractivity contribution in [2.75, 3.05) is 21.3 Å². The maximum absolute atomic E-state index is 13.0. The number of benzene rings is 1. The van der Waals surface area contributed by atoms with Crippen molar-refractivity contribution in [1.29, 1.82) is 0 Å². The molecule has 0 radical (unpaired) electrons. The number of aryl methyl sites for hydroxylation is 1. The summed E-state index contributed by atoms with van der Waals surface area (Å²) in [6.45, 7) is 7.73. The van der Waals surface area contributed by atoms with Gasteiger partial charge in [0.1, 0.15) is 6.54 Å². The average molecular weight is 373 g/mol. The van der Waals surface area contributed by atoms with Crippen molar-refractivity contribution in [3.8, 4) is 11.5 Å².